The monoisotopic (exact) mass is 440 g/mol. The fourth-order valence-corrected chi connectivity index (χ4v) is 2.63. The van der Waals surface area contributed by atoms with Crippen LogP contribution in [0, 0.1) is 0 Å². The number of amides is 2. The van der Waals surface area contributed by atoms with Crippen molar-refractivity contribution in [2.75, 3.05) is 17.2 Å². The zero-order valence-corrected chi connectivity index (χ0v) is 18.7. The second-order valence-electron chi connectivity index (χ2n) is 8.08. The molecule has 0 aliphatic carbocycles. The van der Waals surface area contributed by atoms with E-state index in [4.69, 9.17) is 9.47 Å². The normalized spacial score (nSPS) is 10.8. The van der Waals surface area contributed by atoms with Gasteiger partial charge in [0, 0.05) is 23.4 Å². The first-order valence-electron chi connectivity index (χ1n) is 10.3. The van der Waals surface area contributed by atoms with Crippen LogP contribution in [0.2, 0.25) is 0 Å². The van der Waals surface area contributed by atoms with Crippen LogP contribution in [0.25, 0.3) is 0 Å². The number of nitrogens with one attached hydrogen (secondary N) is 2. The van der Waals surface area contributed by atoms with E-state index in [1.807, 2.05) is 6.92 Å². The molecule has 0 heterocycles. The van der Waals surface area contributed by atoms with Gasteiger partial charge in [-0.2, -0.15) is 0 Å². The van der Waals surface area contributed by atoms with Crippen molar-refractivity contribution in [2.45, 2.75) is 46.1 Å². The Balaban J connectivity index is 1.91. The number of Topliss-reactive ketones (excluding diaryl/α,β-unsaturated/α-hetero) is 1. The Morgan fingerprint density at radius 1 is 0.875 bits per heavy atom. The van der Waals surface area contributed by atoms with Crippen molar-refractivity contribution in [3.8, 4) is 0 Å². The lowest BCUT2D eigenvalue weighted by molar-refractivity contribution is -0.116. The van der Waals surface area contributed by atoms with Crippen LogP contribution in [0.3, 0.4) is 0 Å². The van der Waals surface area contributed by atoms with Gasteiger partial charge in [-0.3, -0.25) is 14.9 Å². The Hall–Kier alpha value is -3.68. The summed E-state index contributed by atoms with van der Waals surface area (Å²) in [6.07, 6.45) is 0.520. The summed E-state index contributed by atoms with van der Waals surface area (Å²) >= 11 is 0. The molecular formula is C24H28N2O6. The number of ketones is 1. The van der Waals surface area contributed by atoms with Gasteiger partial charge in [0.2, 0.25) is 5.91 Å². The van der Waals surface area contributed by atoms with E-state index in [0.29, 0.717) is 23.4 Å². The van der Waals surface area contributed by atoms with Crippen molar-refractivity contribution in [2.24, 2.45) is 0 Å². The van der Waals surface area contributed by atoms with Gasteiger partial charge < -0.3 is 14.8 Å². The van der Waals surface area contributed by atoms with Crippen LogP contribution in [0.5, 0.6) is 0 Å². The maximum atomic E-state index is 12.3. The molecule has 0 atom stereocenters. The van der Waals surface area contributed by atoms with Gasteiger partial charge in [-0.1, -0.05) is 13.0 Å². The number of carbonyl (C=O) groups excluding carboxylic acids is 4. The third-order valence-corrected chi connectivity index (χ3v) is 4.05. The maximum absolute atomic E-state index is 12.3. The standard InChI is InChI=1S/C24H28N2O6/c1-5-7-21(28)25-18-12-10-16(11-13-18)20(27)15-31-22(29)17-8-6-9-19(14-17)26-23(30)32-24(2,3)4/h6,8-14H,5,7,15H2,1-4H3,(H,25,28)(H,26,30). The summed E-state index contributed by atoms with van der Waals surface area (Å²) < 4.78 is 10.3. The van der Waals surface area contributed by atoms with Gasteiger partial charge >= 0.3 is 12.1 Å². The van der Waals surface area contributed by atoms with Crippen molar-refractivity contribution >= 4 is 35.1 Å². The quantitative estimate of drug-likeness (QED) is 0.450. The molecule has 0 fully saturated rings. The summed E-state index contributed by atoms with van der Waals surface area (Å²) in [4.78, 5) is 48.1. The zero-order valence-electron chi connectivity index (χ0n) is 18.7. The molecule has 2 aromatic carbocycles. The highest BCUT2D eigenvalue weighted by atomic mass is 16.6. The highest BCUT2D eigenvalue weighted by molar-refractivity contribution is 6.00. The molecule has 0 aromatic heterocycles. The van der Waals surface area contributed by atoms with Crippen LogP contribution >= 0.6 is 0 Å². The molecule has 2 rings (SSSR count). The Bertz CT molecular complexity index is 977. The number of hydrogen-bond acceptors (Lipinski definition) is 6. The topological polar surface area (TPSA) is 111 Å². The van der Waals surface area contributed by atoms with E-state index in [1.54, 1.807) is 57.2 Å². The van der Waals surface area contributed by atoms with Crippen molar-refractivity contribution < 1.29 is 28.7 Å². The third-order valence-electron chi connectivity index (χ3n) is 4.05. The van der Waals surface area contributed by atoms with Crippen LogP contribution < -0.4 is 10.6 Å². The second-order valence-corrected chi connectivity index (χ2v) is 8.08. The minimum absolute atomic E-state index is 0.0936. The van der Waals surface area contributed by atoms with Gasteiger partial charge in [-0.25, -0.2) is 9.59 Å². The van der Waals surface area contributed by atoms with Crippen molar-refractivity contribution in [1.82, 2.24) is 0 Å². The molecule has 2 N–H and O–H groups in total. The molecule has 32 heavy (non-hydrogen) atoms. The van der Waals surface area contributed by atoms with Crippen LogP contribution in [0.4, 0.5) is 16.2 Å². The number of benzene rings is 2. The zero-order chi connectivity index (χ0) is 23.7. The largest absolute Gasteiger partial charge is 0.454 e. The van der Waals surface area contributed by atoms with Crippen LogP contribution in [-0.4, -0.2) is 36.0 Å². The molecule has 0 bridgehead atoms. The molecule has 0 spiro atoms. The lowest BCUT2D eigenvalue weighted by Gasteiger charge is -2.19. The van der Waals surface area contributed by atoms with Crippen molar-refractivity contribution in [3.05, 3.63) is 59.7 Å². The van der Waals surface area contributed by atoms with Gasteiger partial charge in [-0.15, -0.1) is 0 Å². The molecular weight excluding hydrogens is 412 g/mol. The SMILES string of the molecule is CCCC(=O)Nc1ccc(C(=O)COC(=O)c2cccc(NC(=O)OC(C)(C)C)c2)cc1. The third kappa shape index (κ3) is 8.22. The molecule has 0 saturated heterocycles. The molecule has 0 saturated carbocycles. The smallest absolute Gasteiger partial charge is 0.412 e. The minimum atomic E-state index is -0.699. The highest BCUT2D eigenvalue weighted by Crippen LogP contribution is 2.15. The summed E-state index contributed by atoms with van der Waals surface area (Å²) in [5.74, 6) is -1.17. The van der Waals surface area contributed by atoms with Gasteiger partial charge in [0.05, 0.1) is 5.56 Å². The van der Waals surface area contributed by atoms with Crippen molar-refractivity contribution in [1.29, 1.82) is 0 Å². The number of carbonyl (C=O) groups is 4. The number of esters is 1. The van der Waals surface area contributed by atoms with Crippen molar-refractivity contribution in [3.63, 3.8) is 0 Å². The molecule has 0 aliphatic rings. The van der Waals surface area contributed by atoms with E-state index >= 15 is 0 Å². The molecule has 170 valence electrons. The van der Waals surface area contributed by atoms with Gasteiger partial charge in [-0.05, 0) is 69.7 Å². The van der Waals surface area contributed by atoms with E-state index in [1.165, 1.54) is 12.1 Å². The van der Waals surface area contributed by atoms with E-state index in [9.17, 15) is 19.2 Å². The average molecular weight is 440 g/mol. The molecule has 0 aliphatic heterocycles. The van der Waals surface area contributed by atoms with E-state index in [2.05, 4.69) is 10.6 Å². The molecule has 2 amide bonds. The first-order valence-corrected chi connectivity index (χ1v) is 10.3. The van der Waals surface area contributed by atoms with Gasteiger partial charge in [0.15, 0.2) is 12.4 Å². The number of rotatable bonds is 8. The fourth-order valence-electron chi connectivity index (χ4n) is 2.63. The molecule has 2 aromatic rings. The lowest BCUT2D eigenvalue weighted by Crippen LogP contribution is -2.27. The summed E-state index contributed by atoms with van der Waals surface area (Å²) in [6.45, 7) is 6.70. The van der Waals surface area contributed by atoms with E-state index in [0.717, 1.165) is 6.42 Å². The Morgan fingerprint density at radius 3 is 2.19 bits per heavy atom. The van der Waals surface area contributed by atoms with E-state index < -0.39 is 24.3 Å². The van der Waals surface area contributed by atoms with Crippen LogP contribution in [-0.2, 0) is 14.3 Å². The highest BCUT2D eigenvalue weighted by Gasteiger charge is 2.17. The van der Waals surface area contributed by atoms with Gasteiger partial charge in [0.25, 0.3) is 0 Å². The lowest BCUT2D eigenvalue weighted by atomic mass is 10.1. The Morgan fingerprint density at radius 2 is 1.56 bits per heavy atom. The average Bonchev–Trinajstić information content (AvgIpc) is 2.71. The summed E-state index contributed by atoms with van der Waals surface area (Å²) in [6, 6.07) is 12.5. The van der Waals surface area contributed by atoms with Crippen LogP contribution in [0.1, 0.15) is 61.3 Å². The first kappa shape index (κ1) is 24.6. The molecule has 8 heteroatoms. The summed E-state index contributed by atoms with van der Waals surface area (Å²) in [7, 11) is 0. The van der Waals surface area contributed by atoms with E-state index in [-0.39, 0.29) is 17.3 Å². The minimum Gasteiger partial charge on any atom is -0.454 e. The molecule has 0 radical (unpaired) electrons. The molecule has 8 nitrogen and oxygen atoms in total. The number of ether oxygens (including phenoxy) is 2. The Labute approximate surface area is 187 Å². The summed E-state index contributed by atoms with van der Waals surface area (Å²) in [5.41, 5.74) is 0.833. The fraction of sp³-hybridized carbons (Fsp3) is 0.333. The summed E-state index contributed by atoms with van der Waals surface area (Å²) in [5, 5.41) is 5.28. The maximum Gasteiger partial charge on any atom is 0.412 e. The predicted octanol–water partition coefficient (Wildman–Crippen LogP) is 4.81. The number of anilines is 2. The predicted molar refractivity (Wildman–Crippen MR) is 121 cm³/mol. The van der Waals surface area contributed by atoms with Gasteiger partial charge in [0.1, 0.15) is 5.60 Å². The first-order chi connectivity index (χ1) is 15.1. The Kier molecular flexibility index (Phi) is 8.52. The number of hydrogen-bond donors (Lipinski definition) is 2. The molecule has 0 unspecified atom stereocenters. The van der Waals surface area contributed by atoms with Crippen LogP contribution in [0.15, 0.2) is 48.5 Å². The second kappa shape index (κ2) is 11.1.